The van der Waals surface area contributed by atoms with Crippen molar-refractivity contribution in [2.45, 2.75) is 31.7 Å². The van der Waals surface area contributed by atoms with Crippen molar-refractivity contribution in [1.29, 1.82) is 5.26 Å². The highest BCUT2D eigenvalue weighted by atomic mass is 35.5. The van der Waals surface area contributed by atoms with E-state index in [1.54, 1.807) is 12.1 Å². The van der Waals surface area contributed by atoms with Gasteiger partial charge >= 0.3 is 0 Å². The van der Waals surface area contributed by atoms with Crippen LogP contribution in [0.4, 0.5) is 5.69 Å². The number of nitriles is 1. The zero-order valence-electron chi connectivity index (χ0n) is 10.3. The number of aliphatic hydroxyl groups is 1. The number of hydrogen-bond donors (Lipinski definition) is 1. The van der Waals surface area contributed by atoms with Crippen LogP contribution in [0.1, 0.15) is 31.2 Å². The van der Waals surface area contributed by atoms with Crippen molar-refractivity contribution in [3.05, 3.63) is 28.8 Å². The minimum absolute atomic E-state index is 0.137. The fraction of sp³-hybridized carbons (Fsp3) is 0.500. The van der Waals surface area contributed by atoms with E-state index >= 15 is 0 Å². The van der Waals surface area contributed by atoms with Gasteiger partial charge in [-0.25, -0.2) is 0 Å². The summed E-state index contributed by atoms with van der Waals surface area (Å²) in [5.74, 6) is 0. The second-order valence-corrected chi connectivity index (χ2v) is 5.06. The van der Waals surface area contributed by atoms with Crippen molar-refractivity contribution >= 4 is 17.3 Å². The molecular formula is C14H17ClN2O. The second-order valence-electron chi connectivity index (χ2n) is 4.66. The lowest BCUT2D eigenvalue weighted by atomic mass is 10.1. The summed E-state index contributed by atoms with van der Waals surface area (Å²) in [6.45, 7) is 1.06. The first-order valence-corrected chi connectivity index (χ1v) is 6.71. The predicted molar refractivity (Wildman–Crippen MR) is 72.9 cm³/mol. The summed E-state index contributed by atoms with van der Waals surface area (Å²) in [6, 6.07) is 7.57. The lowest BCUT2D eigenvalue weighted by molar-refractivity contribution is 0.255. The predicted octanol–water partition coefficient (Wildman–Crippen LogP) is 2.95. The van der Waals surface area contributed by atoms with Crippen molar-refractivity contribution < 1.29 is 5.11 Å². The monoisotopic (exact) mass is 264 g/mol. The first kappa shape index (κ1) is 13.2. The first-order valence-electron chi connectivity index (χ1n) is 6.33. The maximum Gasteiger partial charge on any atom is 0.0992 e. The van der Waals surface area contributed by atoms with Crippen LogP contribution in [0, 0.1) is 11.3 Å². The summed E-state index contributed by atoms with van der Waals surface area (Å²) in [4.78, 5) is 2.18. The van der Waals surface area contributed by atoms with Gasteiger partial charge in [0, 0.05) is 6.54 Å². The highest BCUT2D eigenvalue weighted by Gasteiger charge is 2.22. The van der Waals surface area contributed by atoms with E-state index in [1.807, 2.05) is 6.07 Å². The summed E-state index contributed by atoms with van der Waals surface area (Å²) in [6.07, 6.45) is 4.45. The number of hydrogen-bond acceptors (Lipinski definition) is 3. The topological polar surface area (TPSA) is 47.3 Å². The van der Waals surface area contributed by atoms with E-state index < -0.39 is 0 Å². The van der Waals surface area contributed by atoms with Gasteiger partial charge in [0.2, 0.25) is 0 Å². The van der Waals surface area contributed by atoms with Gasteiger partial charge in [-0.2, -0.15) is 5.26 Å². The molecule has 0 aliphatic carbocycles. The number of aliphatic hydroxyl groups excluding tert-OH is 1. The molecule has 0 radical (unpaired) electrons. The van der Waals surface area contributed by atoms with Crippen molar-refractivity contribution in [1.82, 2.24) is 0 Å². The molecule has 0 aromatic heterocycles. The van der Waals surface area contributed by atoms with Crippen LogP contribution in [-0.4, -0.2) is 24.3 Å². The fourth-order valence-corrected chi connectivity index (χ4v) is 2.78. The molecule has 18 heavy (non-hydrogen) atoms. The van der Waals surface area contributed by atoms with Gasteiger partial charge in [-0.3, -0.25) is 0 Å². The van der Waals surface area contributed by atoms with Gasteiger partial charge in [0.1, 0.15) is 0 Å². The minimum Gasteiger partial charge on any atom is -0.394 e. The molecular weight excluding hydrogens is 248 g/mol. The van der Waals surface area contributed by atoms with Crippen LogP contribution in [-0.2, 0) is 0 Å². The zero-order chi connectivity index (χ0) is 13.0. The van der Waals surface area contributed by atoms with Crippen LogP contribution in [0.25, 0.3) is 0 Å². The standard InChI is InChI=1S/C14H17ClN2O/c15-13-8-11(9-16)5-6-14(13)17-7-3-1-2-4-12(17)10-18/h5-6,8,12,18H,1-4,7,10H2. The van der Waals surface area contributed by atoms with Crippen molar-refractivity contribution in [3.63, 3.8) is 0 Å². The number of anilines is 1. The van der Waals surface area contributed by atoms with E-state index in [9.17, 15) is 5.11 Å². The summed E-state index contributed by atoms with van der Waals surface area (Å²) >= 11 is 6.24. The van der Waals surface area contributed by atoms with E-state index in [0.29, 0.717) is 10.6 Å². The summed E-state index contributed by atoms with van der Waals surface area (Å²) in [7, 11) is 0. The normalized spacial score (nSPS) is 20.3. The largest absolute Gasteiger partial charge is 0.394 e. The lowest BCUT2D eigenvalue weighted by Gasteiger charge is -2.31. The average Bonchev–Trinajstić information content (AvgIpc) is 2.63. The lowest BCUT2D eigenvalue weighted by Crippen LogP contribution is -2.37. The van der Waals surface area contributed by atoms with E-state index in [2.05, 4.69) is 11.0 Å². The van der Waals surface area contributed by atoms with Crippen LogP contribution in [0.2, 0.25) is 5.02 Å². The molecule has 2 rings (SSSR count). The highest BCUT2D eigenvalue weighted by molar-refractivity contribution is 6.33. The Bertz CT molecular complexity index is 456. The van der Waals surface area contributed by atoms with Gasteiger partial charge in [-0.1, -0.05) is 24.4 Å². The van der Waals surface area contributed by atoms with Crippen LogP contribution in [0.3, 0.4) is 0 Å². The van der Waals surface area contributed by atoms with Crippen molar-refractivity contribution in [2.24, 2.45) is 0 Å². The molecule has 0 saturated carbocycles. The average molecular weight is 265 g/mol. The number of halogens is 1. The highest BCUT2D eigenvalue weighted by Crippen LogP contribution is 2.31. The molecule has 1 aromatic rings. The molecule has 1 saturated heterocycles. The molecule has 1 aliphatic heterocycles. The Hall–Kier alpha value is -1.24. The minimum atomic E-state index is 0.137. The number of benzene rings is 1. The smallest absolute Gasteiger partial charge is 0.0992 e. The van der Waals surface area contributed by atoms with Crippen molar-refractivity contribution in [3.8, 4) is 6.07 Å². The van der Waals surface area contributed by atoms with Gasteiger partial charge in [0.25, 0.3) is 0 Å². The van der Waals surface area contributed by atoms with E-state index in [4.69, 9.17) is 16.9 Å². The van der Waals surface area contributed by atoms with Gasteiger partial charge in [-0.15, -0.1) is 0 Å². The molecule has 4 heteroatoms. The summed E-state index contributed by atoms with van der Waals surface area (Å²) < 4.78 is 0. The quantitative estimate of drug-likeness (QED) is 0.893. The molecule has 0 spiro atoms. The zero-order valence-corrected chi connectivity index (χ0v) is 11.0. The second kappa shape index (κ2) is 6.08. The van der Waals surface area contributed by atoms with Crippen molar-refractivity contribution in [2.75, 3.05) is 18.1 Å². The van der Waals surface area contributed by atoms with E-state index in [1.165, 1.54) is 6.42 Å². The molecule has 1 aromatic carbocycles. The third kappa shape index (κ3) is 2.77. The molecule has 1 fully saturated rings. The summed E-state index contributed by atoms with van der Waals surface area (Å²) in [5.41, 5.74) is 1.50. The van der Waals surface area contributed by atoms with Crippen LogP contribution < -0.4 is 4.90 Å². The molecule has 0 amide bonds. The number of nitrogens with zero attached hydrogens (tertiary/aromatic N) is 2. The van der Waals surface area contributed by atoms with Gasteiger partial charge in [-0.05, 0) is 31.0 Å². The molecule has 1 heterocycles. The Morgan fingerprint density at radius 1 is 1.39 bits per heavy atom. The maximum atomic E-state index is 9.50. The molecule has 3 nitrogen and oxygen atoms in total. The third-order valence-corrected chi connectivity index (χ3v) is 3.78. The number of rotatable bonds is 2. The SMILES string of the molecule is N#Cc1ccc(N2CCCCCC2CO)c(Cl)c1. The molecule has 96 valence electrons. The maximum absolute atomic E-state index is 9.50. The molecule has 1 atom stereocenters. The Balaban J connectivity index is 2.30. The molecule has 1 unspecified atom stereocenters. The van der Waals surface area contributed by atoms with Gasteiger partial charge in [0.05, 0.1) is 35.0 Å². The van der Waals surface area contributed by atoms with Crippen LogP contribution >= 0.6 is 11.6 Å². The molecule has 1 aliphatic rings. The van der Waals surface area contributed by atoms with Gasteiger partial charge < -0.3 is 10.0 Å². The van der Waals surface area contributed by atoms with E-state index in [0.717, 1.165) is 31.5 Å². The van der Waals surface area contributed by atoms with E-state index in [-0.39, 0.29) is 12.6 Å². The fourth-order valence-electron chi connectivity index (χ4n) is 2.49. The summed E-state index contributed by atoms with van der Waals surface area (Å²) in [5, 5.41) is 18.9. The Kier molecular flexibility index (Phi) is 4.46. The third-order valence-electron chi connectivity index (χ3n) is 3.47. The first-order chi connectivity index (χ1) is 8.76. The van der Waals surface area contributed by atoms with Crippen LogP contribution in [0.15, 0.2) is 18.2 Å². The Morgan fingerprint density at radius 3 is 2.89 bits per heavy atom. The molecule has 1 N–H and O–H groups in total. The Labute approximate surface area is 113 Å². The van der Waals surface area contributed by atoms with Crippen LogP contribution in [0.5, 0.6) is 0 Å². The molecule has 0 bridgehead atoms. The van der Waals surface area contributed by atoms with Gasteiger partial charge in [0.15, 0.2) is 0 Å². The Morgan fingerprint density at radius 2 is 2.22 bits per heavy atom.